The smallest absolute Gasteiger partial charge is 1.00 e. The Labute approximate surface area is 172 Å². The molecule has 0 aliphatic carbocycles. The first-order chi connectivity index (χ1) is 11.2. The molecule has 0 aromatic heterocycles. The summed E-state index contributed by atoms with van der Waals surface area (Å²) in [7, 11) is 0. The normalized spacial score (nSPS) is 10.5. The molecule has 0 fully saturated rings. The van der Waals surface area contributed by atoms with E-state index in [2.05, 4.69) is 6.92 Å². The van der Waals surface area contributed by atoms with Crippen molar-refractivity contribution in [2.24, 2.45) is 0 Å². The summed E-state index contributed by atoms with van der Waals surface area (Å²) in [4.78, 5) is 0. The maximum Gasteiger partial charge on any atom is 1.00 e. The van der Waals surface area contributed by atoms with E-state index in [9.17, 15) is 10.2 Å². The molecular formula is C21H37NaO2. The summed E-state index contributed by atoms with van der Waals surface area (Å²) in [5, 5.41) is 19.1. The zero-order chi connectivity index (χ0) is 16.8. The summed E-state index contributed by atoms with van der Waals surface area (Å²) in [6.45, 7) is 2.27. The molecule has 1 aromatic rings. The van der Waals surface area contributed by atoms with Crippen LogP contribution in [0.4, 0.5) is 0 Å². The average Bonchev–Trinajstić information content (AvgIpc) is 2.55. The predicted octanol–water partition coefficient (Wildman–Crippen LogP) is 3.85. The number of benzene rings is 1. The van der Waals surface area contributed by atoms with Crippen molar-refractivity contribution in [2.45, 2.75) is 96.8 Å². The van der Waals surface area contributed by atoms with Crippen LogP contribution >= 0.6 is 0 Å². The van der Waals surface area contributed by atoms with Gasteiger partial charge in [0, 0.05) is 0 Å². The molecule has 0 bridgehead atoms. The summed E-state index contributed by atoms with van der Waals surface area (Å²) < 4.78 is 0. The van der Waals surface area contributed by atoms with Crippen LogP contribution in [0.2, 0.25) is 0 Å². The first-order valence-electron chi connectivity index (χ1n) is 9.75. The third-order valence-corrected chi connectivity index (χ3v) is 4.61. The number of aromatic hydroxyl groups is 2. The Morgan fingerprint density at radius 1 is 0.708 bits per heavy atom. The summed E-state index contributed by atoms with van der Waals surface area (Å²) in [6.07, 6.45) is 18.4. The van der Waals surface area contributed by atoms with Crippen molar-refractivity contribution in [3.63, 3.8) is 0 Å². The molecule has 24 heavy (non-hydrogen) atoms. The van der Waals surface area contributed by atoms with Gasteiger partial charge in [-0.3, -0.25) is 0 Å². The van der Waals surface area contributed by atoms with Crippen molar-refractivity contribution in [1.29, 1.82) is 0 Å². The monoisotopic (exact) mass is 344 g/mol. The minimum atomic E-state index is 0. The molecule has 0 saturated heterocycles. The minimum Gasteiger partial charge on any atom is -1.00 e. The number of rotatable bonds is 14. The molecule has 0 spiro atoms. The van der Waals surface area contributed by atoms with Crippen molar-refractivity contribution in [3.8, 4) is 11.5 Å². The second-order valence-electron chi connectivity index (χ2n) is 6.81. The number of unbranched alkanes of at least 4 members (excludes halogenated alkanes) is 12. The van der Waals surface area contributed by atoms with Gasteiger partial charge in [0.15, 0.2) is 0 Å². The van der Waals surface area contributed by atoms with E-state index in [0.29, 0.717) is 5.75 Å². The van der Waals surface area contributed by atoms with E-state index in [4.69, 9.17) is 0 Å². The second kappa shape index (κ2) is 16.3. The van der Waals surface area contributed by atoms with Gasteiger partial charge >= 0.3 is 29.6 Å². The Hall–Kier alpha value is -0.180. The Morgan fingerprint density at radius 2 is 1.17 bits per heavy atom. The third kappa shape index (κ3) is 12.2. The summed E-state index contributed by atoms with van der Waals surface area (Å²) in [5.41, 5.74) is 0.869. The Kier molecular flexibility index (Phi) is 16.2. The Balaban J connectivity index is 0. The van der Waals surface area contributed by atoms with Gasteiger partial charge in [0.25, 0.3) is 0 Å². The Bertz CT molecular complexity index is 413. The van der Waals surface area contributed by atoms with Crippen LogP contribution < -0.4 is 29.6 Å². The molecular weight excluding hydrogens is 307 g/mol. The quantitative estimate of drug-likeness (QED) is 0.306. The molecule has 1 rings (SSSR count). The first kappa shape index (κ1) is 23.8. The van der Waals surface area contributed by atoms with E-state index in [1.54, 1.807) is 12.1 Å². The fourth-order valence-electron chi connectivity index (χ4n) is 3.11. The molecule has 0 saturated carbocycles. The van der Waals surface area contributed by atoms with Crippen LogP contribution in [0.25, 0.3) is 0 Å². The van der Waals surface area contributed by atoms with Crippen molar-refractivity contribution >= 4 is 0 Å². The largest absolute Gasteiger partial charge is 1.00 e. The van der Waals surface area contributed by atoms with Gasteiger partial charge in [-0.05, 0) is 36.6 Å². The van der Waals surface area contributed by atoms with Crippen LogP contribution in [0.5, 0.6) is 11.5 Å². The van der Waals surface area contributed by atoms with Gasteiger partial charge in [-0.1, -0.05) is 84.0 Å². The molecule has 134 valence electrons. The molecule has 0 radical (unpaired) electrons. The van der Waals surface area contributed by atoms with E-state index < -0.39 is 0 Å². The molecule has 3 heteroatoms. The van der Waals surface area contributed by atoms with Gasteiger partial charge in [0.2, 0.25) is 0 Å². The number of hydrogen-bond donors (Lipinski definition) is 2. The molecule has 0 heterocycles. The van der Waals surface area contributed by atoms with Gasteiger partial charge in [0.1, 0.15) is 11.5 Å². The molecule has 2 N–H and O–H groups in total. The summed E-state index contributed by atoms with van der Waals surface area (Å²) in [5.74, 6) is 0.550. The molecule has 0 aliphatic heterocycles. The number of hydrogen-bond acceptors (Lipinski definition) is 2. The number of aryl methyl sites for hydroxylation is 1. The maximum atomic E-state index is 9.72. The van der Waals surface area contributed by atoms with E-state index in [0.717, 1.165) is 18.4 Å². The summed E-state index contributed by atoms with van der Waals surface area (Å²) >= 11 is 0. The molecule has 0 amide bonds. The van der Waals surface area contributed by atoms with Gasteiger partial charge in [-0.25, -0.2) is 0 Å². The third-order valence-electron chi connectivity index (χ3n) is 4.61. The van der Waals surface area contributed by atoms with Gasteiger partial charge < -0.3 is 11.6 Å². The molecule has 2 nitrogen and oxygen atoms in total. The SMILES string of the molecule is CCCCCCCCCCCCCCCc1cc(O)ccc1O.[H-].[Na+]. The van der Waals surface area contributed by atoms with E-state index in [-0.39, 0.29) is 36.7 Å². The summed E-state index contributed by atoms with van der Waals surface area (Å²) in [6, 6.07) is 4.78. The van der Waals surface area contributed by atoms with Crippen LogP contribution in [-0.4, -0.2) is 10.2 Å². The zero-order valence-corrected chi connectivity index (χ0v) is 18.0. The Morgan fingerprint density at radius 3 is 1.67 bits per heavy atom. The average molecular weight is 345 g/mol. The van der Waals surface area contributed by atoms with Crippen molar-refractivity contribution in [1.82, 2.24) is 0 Å². The van der Waals surface area contributed by atoms with Crippen LogP contribution in [-0.2, 0) is 6.42 Å². The van der Waals surface area contributed by atoms with Crippen LogP contribution in [0.3, 0.4) is 0 Å². The van der Waals surface area contributed by atoms with Gasteiger partial charge in [-0.15, -0.1) is 0 Å². The van der Waals surface area contributed by atoms with Crippen molar-refractivity contribution < 1.29 is 41.2 Å². The maximum absolute atomic E-state index is 9.72. The number of phenolic OH excluding ortho intramolecular Hbond substituents is 2. The van der Waals surface area contributed by atoms with Crippen LogP contribution in [0.1, 0.15) is 97.4 Å². The first-order valence-corrected chi connectivity index (χ1v) is 9.75. The van der Waals surface area contributed by atoms with Crippen LogP contribution in [0.15, 0.2) is 18.2 Å². The van der Waals surface area contributed by atoms with E-state index in [1.807, 2.05) is 0 Å². The molecule has 0 atom stereocenters. The topological polar surface area (TPSA) is 40.5 Å². The fraction of sp³-hybridized carbons (Fsp3) is 0.714. The fourth-order valence-corrected chi connectivity index (χ4v) is 3.11. The minimum absolute atomic E-state index is 0. The van der Waals surface area contributed by atoms with E-state index in [1.165, 1.54) is 83.1 Å². The zero-order valence-electron chi connectivity index (χ0n) is 17.0. The standard InChI is InChI=1S/C21H36O2.Na.H/c1-2-3-4-5-6-7-8-9-10-11-12-13-14-15-19-18-20(22)16-17-21(19)23;;/h16-18,22-23H,2-15H2,1H3;;/q;+1;-1. The van der Waals surface area contributed by atoms with Crippen molar-refractivity contribution in [3.05, 3.63) is 23.8 Å². The van der Waals surface area contributed by atoms with Gasteiger partial charge in [0.05, 0.1) is 0 Å². The van der Waals surface area contributed by atoms with Gasteiger partial charge in [-0.2, -0.15) is 0 Å². The molecule has 0 unspecified atom stereocenters. The molecule has 0 aliphatic rings. The molecule has 1 aromatic carbocycles. The second-order valence-corrected chi connectivity index (χ2v) is 6.81. The van der Waals surface area contributed by atoms with E-state index >= 15 is 0 Å². The van der Waals surface area contributed by atoms with Crippen LogP contribution in [0, 0.1) is 0 Å². The van der Waals surface area contributed by atoms with Crippen molar-refractivity contribution in [2.75, 3.05) is 0 Å². The number of phenols is 2. The predicted molar refractivity (Wildman–Crippen MR) is 100 cm³/mol.